The maximum atomic E-state index is 14.3. The number of primary amides is 1. The van der Waals surface area contributed by atoms with E-state index < -0.39 is 65.0 Å². The molecule has 0 aromatic rings. The van der Waals surface area contributed by atoms with Gasteiger partial charge in [0.2, 0.25) is 11.7 Å². The number of alkyl carbamates (subject to hydrolysis) is 1. The van der Waals surface area contributed by atoms with Gasteiger partial charge in [0.05, 0.1) is 18.1 Å². The summed E-state index contributed by atoms with van der Waals surface area (Å²) in [6.07, 6.45) is 1.47. The monoisotopic (exact) mass is 636 g/mol. The highest BCUT2D eigenvalue weighted by Gasteiger charge is 2.69. The van der Waals surface area contributed by atoms with Crippen LogP contribution in [-0.2, 0) is 19.1 Å². The van der Waals surface area contributed by atoms with Crippen molar-refractivity contribution in [3.8, 4) is 0 Å². The lowest BCUT2D eigenvalue weighted by Crippen LogP contribution is -2.63. The Morgan fingerprint density at radius 1 is 1.02 bits per heavy atom. The Kier molecular flexibility index (Phi) is 11.2. The molecule has 45 heavy (non-hydrogen) atoms. The summed E-state index contributed by atoms with van der Waals surface area (Å²) in [5.41, 5.74) is 4.05. The number of Topliss-reactive ketones (excluding diaryl/α,β-unsaturated/α-hetero) is 1. The summed E-state index contributed by atoms with van der Waals surface area (Å²) >= 11 is 0. The lowest BCUT2D eigenvalue weighted by Gasteiger charge is -2.41. The van der Waals surface area contributed by atoms with E-state index in [1.807, 2.05) is 41.5 Å². The van der Waals surface area contributed by atoms with Gasteiger partial charge < -0.3 is 36.4 Å². The molecule has 7 atom stereocenters. The first-order valence-corrected chi connectivity index (χ1v) is 16.3. The van der Waals surface area contributed by atoms with Crippen molar-refractivity contribution in [2.45, 2.75) is 118 Å². The molecule has 2 saturated carbocycles. The molecule has 0 aromatic heterocycles. The van der Waals surface area contributed by atoms with Crippen LogP contribution in [0.25, 0.3) is 0 Å². The van der Waals surface area contributed by atoms with Crippen molar-refractivity contribution in [1.82, 2.24) is 26.2 Å². The van der Waals surface area contributed by atoms with Crippen LogP contribution < -0.4 is 27.0 Å². The number of urea groups is 1. The lowest BCUT2D eigenvalue weighted by atomic mass is 9.80. The largest absolute Gasteiger partial charge is 0.447 e. The van der Waals surface area contributed by atoms with E-state index in [4.69, 9.17) is 10.5 Å². The first kappa shape index (κ1) is 36.5. The summed E-state index contributed by atoms with van der Waals surface area (Å²) < 4.78 is 5.29. The maximum Gasteiger partial charge on any atom is 0.407 e. The molecule has 5 amide bonds. The molecule has 3 fully saturated rings. The Bertz CT molecular complexity index is 1130. The van der Waals surface area contributed by atoms with Gasteiger partial charge in [-0.2, -0.15) is 0 Å². The Hall–Kier alpha value is -2.93. The molecule has 1 saturated heterocycles. The third kappa shape index (κ3) is 8.66. The number of nitrogens with two attached hydrogens (primary N) is 1. The number of hydrogen-bond acceptors (Lipinski definition) is 8. The topological polar surface area (TPSA) is 192 Å². The van der Waals surface area contributed by atoms with Crippen molar-refractivity contribution >= 4 is 29.7 Å². The number of nitrogens with zero attached hydrogens (tertiary/aromatic N) is 1. The molecule has 3 aliphatic rings. The number of hydrogen-bond donors (Lipinski definition) is 6. The summed E-state index contributed by atoms with van der Waals surface area (Å²) in [4.78, 5) is 65.7. The number of carbonyl (C=O) groups excluding carboxylic acids is 5. The number of aliphatic hydroxyl groups excluding tert-OH is 1. The van der Waals surface area contributed by atoms with Gasteiger partial charge in [-0.05, 0) is 47.3 Å². The van der Waals surface area contributed by atoms with E-state index in [9.17, 15) is 29.1 Å². The van der Waals surface area contributed by atoms with Gasteiger partial charge in [-0.15, -0.1) is 0 Å². The number of amides is 5. The fraction of sp³-hybridized carbons (Fsp3) is 0.844. The Balaban J connectivity index is 1.79. The van der Waals surface area contributed by atoms with Crippen LogP contribution in [0.4, 0.5) is 9.59 Å². The third-order valence-electron chi connectivity index (χ3n) is 10.0. The van der Waals surface area contributed by atoms with Crippen LogP contribution >= 0.6 is 0 Å². The minimum atomic E-state index is -1.29. The van der Waals surface area contributed by atoms with Crippen molar-refractivity contribution in [2.75, 3.05) is 19.7 Å². The van der Waals surface area contributed by atoms with Gasteiger partial charge in [0.1, 0.15) is 18.9 Å². The van der Waals surface area contributed by atoms with Crippen LogP contribution in [0.2, 0.25) is 0 Å². The fourth-order valence-corrected chi connectivity index (χ4v) is 6.74. The molecule has 1 heterocycles. The molecular weight excluding hydrogens is 580 g/mol. The van der Waals surface area contributed by atoms with E-state index in [1.54, 1.807) is 11.8 Å². The van der Waals surface area contributed by atoms with Crippen LogP contribution in [0.15, 0.2) is 0 Å². The van der Waals surface area contributed by atoms with Crippen molar-refractivity contribution in [3.63, 3.8) is 0 Å². The molecule has 7 N–H and O–H groups in total. The Morgan fingerprint density at radius 2 is 1.64 bits per heavy atom. The normalized spacial score (nSPS) is 25.1. The average Bonchev–Trinajstić information content (AvgIpc) is 3.20. The highest BCUT2D eigenvalue weighted by Crippen LogP contribution is 2.65. The quantitative estimate of drug-likeness (QED) is 0.130. The van der Waals surface area contributed by atoms with Crippen molar-refractivity contribution in [1.29, 1.82) is 0 Å². The number of ether oxygens (including phenoxy) is 1. The number of aliphatic hydroxyl groups is 1. The van der Waals surface area contributed by atoms with E-state index in [-0.39, 0.29) is 35.7 Å². The zero-order valence-corrected chi connectivity index (χ0v) is 28.5. The summed E-state index contributed by atoms with van der Waals surface area (Å²) in [5.74, 6) is -1.83. The van der Waals surface area contributed by atoms with Crippen LogP contribution in [0.3, 0.4) is 0 Å². The van der Waals surface area contributed by atoms with E-state index in [0.717, 1.165) is 19.3 Å². The number of rotatable bonds is 13. The predicted molar refractivity (Wildman–Crippen MR) is 169 cm³/mol. The number of carbonyl (C=O) groups is 5. The Morgan fingerprint density at radius 3 is 2.13 bits per heavy atom. The van der Waals surface area contributed by atoms with Gasteiger partial charge in [-0.25, -0.2) is 9.59 Å². The molecule has 0 bridgehead atoms. The second kappa shape index (κ2) is 13.8. The number of ketones is 1. The minimum Gasteiger partial charge on any atom is -0.447 e. The Labute approximate surface area is 267 Å². The van der Waals surface area contributed by atoms with Crippen LogP contribution in [-0.4, -0.2) is 89.8 Å². The highest BCUT2D eigenvalue weighted by molar-refractivity contribution is 6.37. The van der Waals surface area contributed by atoms with Crippen molar-refractivity contribution < 1.29 is 33.8 Å². The van der Waals surface area contributed by atoms with Gasteiger partial charge in [0.25, 0.3) is 5.91 Å². The van der Waals surface area contributed by atoms with E-state index in [2.05, 4.69) is 35.1 Å². The summed E-state index contributed by atoms with van der Waals surface area (Å²) in [5, 5.41) is 22.8. The number of fused-ring (bicyclic) bond motifs is 1. The van der Waals surface area contributed by atoms with E-state index in [1.165, 1.54) is 0 Å². The number of piperidine rings is 1. The lowest BCUT2D eigenvalue weighted by molar-refractivity contribution is -0.142. The van der Waals surface area contributed by atoms with Crippen LogP contribution in [0.5, 0.6) is 0 Å². The maximum absolute atomic E-state index is 14.3. The van der Waals surface area contributed by atoms with Gasteiger partial charge in [0, 0.05) is 13.1 Å². The summed E-state index contributed by atoms with van der Waals surface area (Å²) in [7, 11) is 0. The SMILES string of the molecule is CCNC(=O)OC[C@@H](NC(=O)NC(C(=O)N1C[C@H]2[C@@H](C1C(O)NC(CC1CCC1)C(=O)C(N)=O)C2(C)C)C(C)(C)C)C(C)(C)C. The molecule has 0 spiro atoms. The summed E-state index contributed by atoms with van der Waals surface area (Å²) in [6, 6.07) is -3.72. The minimum absolute atomic E-state index is 0.0388. The second-order valence-electron chi connectivity index (χ2n) is 15.8. The molecular formula is C32H56N6O7. The van der Waals surface area contributed by atoms with Gasteiger partial charge >= 0.3 is 12.1 Å². The smallest absolute Gasteiger partial charge is 0.407 e. The fourth-order valence-electron chi connectivity index (χ4n) is 6.74. The molecule has 0 radical (unpaired) electrons. The molecule has 0 aromatic carbocycles. The van der Waals surface area contributed by atoms with E-state index >= 15 is 0 Å². The molecule has 13 nitrogen and oxygen atoms in total. The molecule has 256 valence electrons. The van der Waals surface area contributed by atoms with Crippen molar-refractivity contribution in [3.05, 3.63) is 0 Å². The van der Waals surface area contributed by atoms with Crippen LogP contribution in [0, 0.1) is 34.0 Å². The van der Waals surface area contributed by atoms with Gasteiger partial charge in [0.15, 0.2) is 0 Å². The molecule has 4 unspecified atom stereocenters. The molecule has 13 heteroatoms. The highest BCUT2D eigenvalue weighted by atomic mass is 16.5. The second-order valence-corrected chi connectivity index (χ2v) is 15.8. The predicted octanol–water partition coefficient (Wildman–Crippen LogP) is 1.87. The van der Waals surface area contributed by atoms with Crippen LogP contribution in [0.1, 0.15) is 88.0 Å². The zero-order valence-electron chi connectivity index (χ0n) is 28.5. The van der Waals surface area contributed by atoms with Gasteiger partial charge in [-0.1, -0.05) is 74.7 Å². The van der Waals surface area contributed by atoms with Crippen molar-refractivity contribution in [2.24, 2.45) is 39.7 Å². The first-order valence-electron chi connectivity index (χ1n) is 16.3. The molecule has 1 aliphatic heterocycles. The molecule has 2 aliphatic carbocycles. The van der Waals surface area contributed by atoms with Gasteiger partial charge in [-0.3, -0.25) is 19.7 Å². The van der Waals surface area contributed by atoms with E-state index in [0.29, 0.717) is 19.5 Å². The number of nitrogens with one attached hydrogen (secondary N) is 4. The first-order chi connectivity index (χ1) is 20.7. The molecule has 3 rings (SSSR count). The summed E-state index contributed by atoms with van der Waals surface area (Å²) in [6.45, 7) is 17.9. The standard InChI is InChI=1S/C32H56N6O7/c1-10-34-29(44)45-16-20(30(2,3)4)36-28(43)37-24(31(5,6)7)27(42)38-15-18-21(32(18,8)9)22(38)26(41)35-19(23(39)25(33)40)14-17-12-11-13-17/h17-22,24,26,35,41H,10-16H2,1-9H3,(H2,33,40)(H,34,44)(H2,36,37,43)/t18-,19?,20+,21-,22?,24?,26?/m0/s1. The zero-order chi connectivity index (χ0) is 34.1. The number of likely N-dealkylation sites (tertiary alicyclic amines) is 1. The average molecular weight is 637 g/mol. The third-order valence-corrected chi connectivity index (χ3v) is 10.0.